The monoisotopic (exact) mass is 292 g/mol. The van der Waals surface area contributed by atoms with Crippen molar-refractivity contribution in [3.63, 3.8) is 0 Å². The van der Waals surface area contributed by atoms with Gasteiger partial charge in [0.05, 0.1) is 12.1 Å². The third kappa shape index (κ3) is 3.92. The van der Waals surface area contributed by atoms with Gasteiger partial charge < -0.3 is 15.5 Å². The number of nitrogen functional groups attached to an aromatic ring is 1. The molecule has 0 aliphatic carbocycles. The Balaban J connectivity index is 2.20. The van der Waals surface area contributed by atoms with Crippen molar-refractivity contribution >= 4 is 11.7 Å². The summed E-state index contributed by atoms with van der Waals surface area (Å²) in [5, 5.41) is 3.07. The van der Waals surface area contributed by atoms with E-state index in [1.165, 1.54) is 0 Å². The molecule has 1 unspecified atom stereocenters. The molecule has 0 bridgehead atoms. The number of aromatic nitrogens is 1. The van der Waals surface area contributed by atoms with E-state index in [1.807, 2.05) is 26.8 Å². The van der Waals surface area contributed by atoms with Crippen LogP contribution in [0.15, 0.2) is 12.1 Å². The van der Waals surface area contributed by atoms with Crippen LogP contribution in [-0.4, -0.2) is 29.6 Å². The van der Waals surface area contributed by atoms with Crippen molar-refractivity contribution in [1.82, 2.24) is 10.3 Å². The Bertz CT molecular complexity index is 510. The standard InChI is InChI=1S/C15H24N4O2/c1-10(2)12-7-11(8-13(17-12)19-16)14(20)18-15(3)5-4-6-21-9-15/h7-8,10H,4-6,9,16H2,1-3H3,(H,17,19)(H,18,20). The van der Waals surface area contributed by atoms with Crippen LogP contribution in [0.2, 0.25) is 0 Å². The van der Waals surface area contributed by atoms with Crippen LogP contribution in [0, 0.1) is 0 Å². The van der Waals surface area contributed by atoms with Crippen molar-refractivity contribution in [3.05, 3.63) is 23.4 Å². The summed E-state index contributed by atoms with van der Waals surface area (Å²) in [6, 6.07) is 3.47. The quantitative estimate of drug-likeness (QED) is 0.581. The van der Waals surface area contributed by atoms with Crippen LogP contribution in [0.1, 0.15) is 55.6 Å². The van der Waals surface area contributed by atoms with Crippen LogP contribution in [0.3, 0.4) is 0 Å². The number of rotatable bonds is 4. The molecular formula is C15H24N4O2. The molecule has 0 radical (unpaired) electrons. The van der Waals surface area contributed by atoms with E-state index in [-0.39, 0.29) is 17.4 Å². The molecule has 1 aliphatic rings. The number of hydrogen-bond acceptors (Lipinski definition) is 5. The van der Waals surface area contributed by atoms with E-state index in [0.29, 0.717) is 18.0 Å². The molecule has 0 aromatic carbocycles. The number of hydrogen-bond donors (Lipinski definition) is 3. The van der Waals surface area contributed by atoms with Crippen LogP contribution >= 0.6 is 0 Å². The molecule has 0 saturated carbocycles. The Morgan fingerprint density at radius 2 is 2.24 bits per heavy atom. The summed E-state index contributed by atoms with van der Waals surface area (Å²) in [4.78, 5) is 16.9. The summed E-state index contributed by atoms with van der Waals surface area (Å²) in [6.45, 7) is 7.38. The second-order valence-corrected chi connectivity index (χ2v) is 6.14. The van der Waals surface area contributed by atoms with Gasteiger partial charge in [0.1, 0.15) is 5.82 Å². The van der Waals surface area contributed by atoms with Gasteiger partial charge in [0.15, 0.2) is 0 Å². The van der Waals surface area contributed by atoms with Crippen LogP contribution in [0.25, 0.3) is 0 Å². The molecule has 1 aliphatic heterocycles. The third-order valence-corrected chi connectivity index (χ3v) is 3.70. The summed E-state index contributed by atoms with van der Waals surface area (Å²) in [5.41, 5.74) is 3.60. The van der Waals surface area contributed by atoms with Crippen molar-refractivity contribution < 1.29 is 9.53 Å². The highest BCUT2D eigenvalue weighted by molar-refractivity contribution is 5.95. The van der Waals surface area contributed by atoms with Gasteiger partial charge in [0, 0.05) is 17.9 Å². The summed E-state index contributed by atoms with van der Waals surface area (Å²) in [7, 11) is 0. The van der Waals surface area contributed by atoms with Crippen LogP contribution in [-0.2, 0) is 4.74 Å². The van der Waals surface area contributed by atoms with E-state index in [0.717, 1.165) is 25.1 Å². The molecule has 6 nitrogen and oxygen atoms in total. The Kier molecular flexibility index (Phi) is 4.80. The van der Waals surface area contributed by atoms with Crippen LogP contribution in [0.5, 0.6) is 0 Å². The molecule has 1 amide bonds. The summed E-state index contributed by atoms with van der Waals surface area (Å²) in [5.74, 6) is 6.03. The Morgan fingerprint density at radius 3 is 2.81 bits per heavy atom. The molecule has 2 heterocycles. The second-order valence-electron chi connectivity index (χ2n) is 6.14. The number of ether oxygens (including phenoxy) is 1. The van der Waals surface area contributed by atoms with Crippen molar-refractivity contribution in [3.8, 4) is 0 Å². The van der Waals surface area contributed by atoms with E-state index in [2.05, 4.69) is 15.7 Å². The first-order valence-electron chi connectivity index (χ1n) is 7.32. The Labute approximate surface area is 125 Å². The fourth-order valence-electron chi connectivity index (χ4n) is 2.43. The zero-order valence-corrected chi connectivity index (χ0v) is 12.9. The largest absolute Gasteiger partial charge is 0.379 e. The number of nitrogens with zero attached hydrogens (tertiary/aromatic N) is 1. The highest BCUT2D eigenvalue weighted by Gasteiger charge is 2.29. The molecule has 1 saturated heterocycles. The molecule has 0 spiro atoms. The van der Waals surface area contributed by atoms with Crippen LogP contribution in [0.4, 0.5) is 5.82 Å². The van der Waals surface area contributed by atoms with E-state index in [1.54, 1.807) is 6.07 Å². The minimum Gasteiger partial charge on any atom is -0.379 e. The van der Waals surface area contributed by atoms with Gasteiger partial charge in [-0.1, -0.05) is 13.8 Å². The van der Waals surface area contributed by atoms with Crippen molar-refractivity contribution in [2.24, 2.45) is 5.84 Å². The molecule has 1 atom stereocenters. The maximum Gasteiger partial charge on any atom is 0.251 e. The molecule has 1 aromatic rings. The lowest BCUT2D eigenvalue weighted by Crippen LogP contribution is -2.51. The molecule has 21 heavy (non-hydrogen) atoms. The number of nitrogens with two attached hydrogens (primary N) is 1. The highest BCUT2D eigenvalue weighted by atomic mass is 16.5. The Morgan fingerprint density at radius 1 is 1.48 bits per heavy atom. The first-order valence-corrected chi connectivity index (χ1v) is 7.32. The smallest absolute Gasteiger partial charge is 0.251 e. The zero-order valence-electron chi connectivity index (χ0n) is 12.9. The first kappa shape index (κ1) is 15.7. The van der Waals surface area contributed by atoms with Gasteiger partial charge in [-0.25, -0.2) is 10.8 Å². The maximum absolute atomic E-state index is 12.5. The fourth-order valence-corrected chi connectivity index (χ4v) is 2.43. The lowest BCUT2D eigenvalue weighted by atomic mass is 9.94. The molecule has 4 N–H and O–H groups in total. The van der Waals surface area contributed by atoms with Crippen molar-refractivity contribution in [2.75, 3.05) is 18.6 Å². The van der Waals surface area contributed by atoms with E-state index < -0.39 is 0 Å². The SMILES string of the molecule is CC(C)c1cc(C(=O)NC2(C)CCCOC2)cc(NN)n1. The average Bonchev–Trinajstić information content (AvgIpc) is 2.46. The average molecular weight is 292 g/mol. The molecule has 2 rings (SSSR count). The number of nitrogens with one attached hydrogen (secondary N) is 2. The lowest BCUT2D eigenvalue weighted by Gasteiger charge is -2.34. The first-order chi connectivity index (χ1) is 9.93. The van der Waals surface area contributed by atoms with E-state index >= 15 is 0 Å². The van der Waals surface area contributed by atoms with Crippen molar-refractivity contribution in [1.29, 1.82) is 0 Å². The normalized spacial score (nSPS) is 22.1. The van der Waals surface area contributed by atoms with Gasteiger partial charge in [0.2, 0.25) is 0 Å². The summed E-state index contributed by atoms with van der Waals surface area (Å²) < 4.78 is 5.47. The third-order valence-electron chi connectivity index (χ3n) is 3.70. The zero-order chi connectivity index (χ0) is 15.5. The highest BCUT2D eigenvalue weighted by Crippen LogP contribution is 2.21. The van der Waals surface area contributed by atoms with Crippen LogP contribution < -0.4 is 16.6 Å². The molecule has 116 valence electrons. The predicted octanol–water partition coefficient (Wildman–Crippen LogP) is 1.79. The van der Waals surface area contributed by atoms with Crippen molar-refractivity contribution in [2.45, 2.75) is 45.1 Å². The number of carbonyl (C=O) groups is 1. The summed E-state index contributed by atoms with van der Waals surface area (Å²) in [6.07, 6.45) is 1.88. The van der Waals surface area contributed by atoms with E-state index in [9.17, 15) is 4.79 Å². The number of anilines is 1. The Hall–Kier alpha value is -1.66. The number of carbonyl (C=O) groups excluding carboxylic acids is 1. The fraction of sp³-hybridized carbons (Fsp3) is 0.600. The van der Waals surface area contributed by atoms with Gasteiger partial charge in [-0.3, -0.25) is 4.79 Å². The van der Waals surface area contributed by atoms with E-state index in [4.69, 9.17) is 10.6 Å². The minimum absolute atomic E-state index is 0.121. The number of hydrazine groups is 1. The van der Waals surface area contributed by atoms with Gasteiger partial charge >= 0.3 is 0 Å². The molecule has 1 fully saturated rings. The molecule has 6 heteroatoms. The van der Waals surface area contributed by atoms with Gasteiger partial charge in [-0.15, -0.1) is 0 Å². The predicted molar refractivity (Wildman–Crippen MR) is 82.1 cm³/mol. The number of pyridine rings is 1. The van der Waals surface area contributed by atoms with Gasteiger partial charge in [-0.05, 0) is 37.8 Å². The van der Waals surface area contributed by atoms with Gasteiger partial charge in [-0.2, -0.15) is 0 Å². The molecular weight excluding hydrogens is 268 g/mol. The second kappa shape index (κ2) is 6.41. The lowest BCUT2D eigenvalue weighted by molar-refractivity contribution is 0.0272. The maximum atomic E-state index is 12.5. The van der Waals surface area contributed by atoms with Gasteiger partial charge in [0.25, 0.3) is 5.91 Å². The molecule has 1 aromatic heterocycles. The minimum atomic E-state index is -0.313. The number of amides is 1. The summed E-state index contributed by atoms with van der Waals surface area (Å²) >= 11 is 0. The topological polar surface area (TPSA) is 89.3 Å².